The molecule has 3 aliphatic heterocycles. The van der Waals surface area contributed by atoms with Crippen LogP contribution in [0.25, 0.3) is 0 Å². The minimum absolute atomic E-state index is 0.0699. The molecule has 3 saturated heterocycles. The molecule has 0 radical (unpaired) electrons. The molecule has 6 rings (SSSR count). The van der Waals surface area contributed by atoms with E-state index >= 15 is 0 Å². The lowest BCUT2D eigenvalue weighted by atomic mass is 9.82. The third kappa shape index (κ3) is 4.79. The fourth-order valence-corrected chi connectivity index (χ4v) is 5.75. The van der Waals surface area contributed by atoms with E-state index in [0.29, 0.717) is 35.7 Å². The summed E-state index contributed by atoms with van der Waals surface area (Å²) in [5, 5.41) is 14.8. The molecule has 3 aliphatic rings. The Hall–Kier alpha value is -3.48. The van der Waals surface area contributed by atoms with Gasteiger partial charge in [0.15, 0.2) is 6.10 Å². The molecule has 2 bridgehead atoms. The number of ether oxygens (including phenoxy) is 1. The Bertz CT molecular complexity index is 1140. The van der Waals surface area contributed by atoms with Gasteiger partial charge in [0.2, 0.25) is 5.60 Å². The molecule has 3 aromatic rings. The molecule has 0 aromatic heterocycles. The molecule has 0 aliphatic carbocycles. The molecule has 1 atom stereocenters. The predicted molar refractivity (Wildman–Crippen MR) is 137 cm³/mol. The molecule has 6 nitrogen and oxygen atoms in total. The highest BCUT2D eigenvalue weighted by molar-refractivity contribution is 5.94. The van der Waals surface area contributed by atoms with Crippen LogP contribution < -0.4 is 5.32 Å². The average molecular weight is 486 g/mol. The lowest BCUT2D eigenvalue weighted by Gasteiger charge is -2.52. The van der Waals surface area contributed by atoms with Crippen molar-refractivity contribution in [1.29, 1.82) is 0 Å². The fourth-order valence-electron chi connectivity index (χ4n) is 5.75. The highest BCUT2D eigenvalue weighted by atomic mass is 16.6. The number of hydrogen-bond acceptors (Lipinski definition) is 4. The van der Waals surface area contributed by atoms with Gasteiger partial charge in [-0.2, -0.15) is 0 Å². The van der Waals surface area contributed by atoms with Crippen LogP contribution in [0.4, 0.5) is 0 Å². The van der Waals surface area contributed by atoms with E-state index in [1.54, 1.807) is 24.3 Å². The largest absolute Gasteiger partial charge is 0.453 e. The van der Waals surface area contributed by atoms with E-state index < -0.39 is 11.6 Å². The molecule has 6 heteroatoms. The van der Waals surface area contributed by atoms with E-state index in [4.69, 9.17) is 4.74 Å². The Balaban J connectivity index is 1.28. The van der Waals surface area contributed by atoms with Crippen molar-refractivity contribution in [2.45, 2.75) is 24.5 Å². The third-order valence-corrected chi connectivity index (χ3v) is 7.89. The van der Waals surface area contributed by atoms with Crippen molar-refractivity contribution in [1.82, 2.24) is 5.32 Å². The standard InChI is InChI=1S/C30H32N2O4/c33-28(24-10-4-1-5-11-24)31-18-21-32-19-16-23(17-20-32)27(22-32)36-29(34)30(35,25-12-6-2-7-13-25)26-14-8-3-9-15-26/h1-15,23,27,35H,16-22H2/p+1. The smallest absolute Gasteiger partial charge is 0.348 e. The summed E-state index contributed by atoms with van der Waals surface area (Å²) in [6.07, 6.45) is 1.68. The maximum absolute atomic E-state index is 13.6. The second-order valence-electron chi connectivity index (χ2n) is 10.0. The second kappa shape index (κ2) is 10.2. The van der Waals surface area contributed by atoms with Gasteiger partial charge in [0.25, 0.3) is 5.91 Å². The minimum atomic E-state index is -1.87. The maximum atomic E-state index is 13.6. The van der Waals surface area contributed by atoms with E-state index in [-0.39, 0.29) is 12.0 Å². The van der Waals surface area contributed by atoms with Gasteiger partial charge in [-0.15, -0.1) is 0 Å². The van der Waals surface area contributed by atoms with Crippen molar-refractivity contribution < 1.29 is 23.9 Å². The number of amides is 1. The number of carbonyl (C=O) groups is 2. The molecule has 186 valence electrons. The Morgan fingerprint density at radius 3 is 1.94 bits per heavy atom. The molecule has 1 unspecified atom stereocenters. The third-order valence-electron chi connectivity index (χ3n) is 7.89. The molecule has 1 amide bonds. The summed E-state index contributed by atoms with van der Waals surface area (Å²) >= 11 is 0. The Morgan fingerprint density at radius 2 is 1.39 bits per heavy atom. The van der Waals surface area contributed by atoms with E-state index in [1.165, 1.54) is 0 Å². The van der Waals surface area contributed by atoms with E-state index in [1.807, 2.05) is 66.7 Å². The van der Waals surface area contributed by atoms with Gasteiger partial charge in [0, 0.05) is 24.3 Å². The summed E-state index contributed by atoms with van der Waals surface area (Å²) in [5.41, 5.74) is -0.226. The van der Waals surface area contributed by atoms with Crippen LogP contribution in [-0.2, 0) is 15.1 Å². The van der Waals surface area contributed by atoms with Gasteiger partial charge < -0.3 is 19.6 Å². The summed E-state index contributed by atoms with van der Waals surface area (Å²) in [4.78, 5) is 26.1. The monoisotopic (exact) mass is 485 g/mol. The highest BCUT2D eigenvalue weighted by Crippen LogP contribution is 2.38. The normalized spacial score (nSPS) is 23.1. The quantitative estimate of drug-likeness (QED) is 0.378. The first-order valence-electron chi connectivity index (χ1n) is 12.7. The number of aliphatic hydroxyl groups is 1. The molecule has 3 fully saturated rings. The van der Waals surface area contributed by atoms with Crippen LogP contribution in [0, 0.1) is 5.92 Å². The number of nitrogens with one attached hydrogen (secondary N) is 1. The van der Waals surface area contributed by atoms with Gasteiger partial charge in [-0.1, -0.05) is 78.9 Å². The number of rotatable bonds is 8. The molecule has 0 spiro atoms. The zero-order valence-corrected chi connectivity index (χ0v) is 20.4. The van der Waals surface area contributed by atoms with Crippen LogP contribution in [-0.4, -0.2) is 60.3 Å². The average Bonchev–Trinajstić information content (AvgIpc) is 2.94. The zero-order valence-electron chi connectivity index (χ0n) is 20.4. The van der Waals surface area contributed by atoms with Crippen molar-refractivity contribution in [3.63, 3.8) is 0 Å². The van der Waals surface area contributed by atoms with Crippen molar-refractivity contribution in [2.24, 2.45) is 5.92 Å². The number of fused-ring (bicyclic) bond motifs is 3. The topological polar surface area (TPSA) is 75.6 Å². The van der Waals surface area contributed by atoms with Crippen LogP contribution in [0.15, 0.2) is 91.0 Å². The molecular weight excluding hydrogens is 452 g/mol. The van der Waals surface area contributed by atoms with Crippen LogP contribution in [0.1, 0.15) is 34.3 Å². The number of quaternary nitrogens is 1. The molecule has 0 saturated carbocycles. The van der Waals surface area contributed by atoms with Crippen LogP contribution in [0.3, 0.4) is 0 Å². The summed E-state index contributed by atoms with van der Waals surface area (Å²) in [6, 6.07) is 27.2. The van der Waals surface area contributed by atoms with Crippen LogP contribution in [0.2, 0.25) is 0 Å². The van der Waals surface area contributed by atoms with E-state index in [2.05, 4.69) is 5.32 Å². The summed E-state index contributed by atoms with van der Waals surface area (Å²) in [7, 11) is 0. The maximum Gasteiger partial charge on any atom is 0.348 e. The van der Waals surface area contributed by atoms with E-state index in [9.17, 15) is 14.7 Å². The molecule has 3 aromatic carbocycles. The summed E-state index contributed by atoms with van der Waals surface area (Å²) < 4.78 is 6.95. The van der Waals surface area contributed by atoms with Crippen molar-refractivity contribution in [3.8, 4) is 0 Å². The summed E-state index contributed by atoms with van der Waals surface area (Å²) in [5.74, 6) is -0.405. The number of hydrogen-bond donors (Lipinski definition) is 2. The van der Waals surface area contributed by atoms with Gasteiger partial charge >= 0.3 is 5.97 Å². The first kappa shape index (κ1) is 24.2. The fraction of sp³-hybridized carbons (Fsp3) is 0.333. The zero-order chi connectivity index (χ0) is 25.0. The van der Waals surface area contributed by atoms with Gasteiger partial charge in [0.1, 0.15) is 6.54 Å². The molecule has 3 heterocycles. The SMILES string of the molecule is O=C(NCC[N+]12CCC(CC1)C(OC(=O)C(O)(c1ccccc1)c1ccccc1)C2)c1ccccc1. The number of benzene rings is 3. The van der Waals surface area contributed by atoms with Gasteiger partial charge in [-0.3, -0.25) is 4.79 Å². The van der Waals surface area contributed by atoms with Crippen LogP contribution in [0.5, 0.6) is 0 Å². The second-order valence-corrected chi connectivity index (χ2v) is 10.0. The first-order chi connectivity index (χ1) is 17.5. The number of nitrogens with zero attached hydrogens (tertiary/aromatic N) is 1. The molecule has 36 heavy (non-hydrogen) atoms. The number of carbonyl (C=O) groups excluding carboxylic acids is 2. The molecular formula is C30H33N2O4+. The van der Waals surface area contributed by atoms with E-state index in [0.717, 1.165) is 37.0 Å². The number of piperidine rings is 3. The minimum Gasteiger partial charge on any atom is -0.453 e. The Labute approximate surface area is 212 Å². The lowest BCUT2D eigenvalue weighted by molar-refractivity contribution is -0.945. The number of esters is 1. The van der Waals surface area contributed by atoms with Crippen molar-refractivity contribution >= 4 is 11.9 Å². The summed E-state index contributed by atoms with van der Waals surface area (Å²) in [6.45, 7) is 4.10. The predicted octanol–water partition coefficient (Wildman–Crippen LogP) is 3.50. The van der Waals surface area contributed by atoms with Gasteiger partial charge in [-0.05, 0) is 23.3 Å². The Morgan fingerprint density at radius 1 is 0.861 bits per heavy atom. The highest BCUT2D eigenvalue weighted by Gasteiger charge is 2.50. The molecule has 2 N–H and O–H groups in total. The first-order valence-corrected chi connectivity index (χ1v) is 12.7. The van der Waals surface area contributed by atoms with Crippen molar-refractivity contribution in [3.05, 3.63) is 108 Å². The van der Waals surface area contributed by atoms with Crippen LogP contribution >= 0.6 is 0 Å². The van der Waals surface area contributed by atoms with Crippen molar-refractivity contribution in [2.75, 3.05) is 32.7 Å². The lowest BCUT2D eigenvalue weighted by Crippen LogP contribution is -2.66. The van der Waals surface area contributed by atoms with Gasteiger partial charge in [0.05, 0.1) is 26.2 Å². The Kier molecular flexibility index (Phi) is 6.90. The van der Waals surface area contributed by atoms with Gasteiger partial charge in [-0.25, -0.2) is 4.79 Å².